The van der Waals surface area contributed by atoms with Crippen LogP contribution in [-0.4, -0.2) is 39.3 Å². The maximum atomic E-state index is 13.1. The van der Waals surface area contributed by atoms with Gasteiger partial charge in [-0.2, -0.15) is 0 Å². The summed E-state index contributed by atoms with van der Waals surface area (Å²) in [6.07, 6.45) is -0.686. The first-order valence-corrected chi connectivity index (χ1v) is 9.06. The summed E-state index contributed by atoms with van der Waals surface area (Å²) < 4.78 is 5.56. The van der Waals surface area contributed by atoms with Crippen LogP contribution in [-0.2, 0) is 4.74 Å². The number of nitrogens with zero attached hydrogens (tertiary/aromatic N) is 3. The predicted octanol–water partition coefficient (Wildman–Crippen LogP) is 4.64. The number of anilines is 3. The third kappa shape index (κ3) is 4.89. The molecule has 1 aromatic heterocycles. The number of para-hydroxylation sites is 1. The van der Waals surface area contributed by atoms with E-state index in [-0.39, 0.29) is 23.0 Å². The van der Waals surface area contributed by atoms with Gasteiger partial charge in [0.15, 0.2) is 5.82 Å². The van der Waals surface area contributed by atoms with Crippen LogP contribution in [0.25, 0.3) is 0 Å². The molecule has 0 aliphatic rings. The first kappa shape index (κ1) is 21.4. The molecule has 0 bridgehead atoms. The third-order valence-corrected chi connectivity index (χ3v) is 3.81. The highest BCUT2D eigenvalue weighted by Crippen LogP contribution is 2.38. The molecular formula is C19H23ClN4O4. The molecule has 0 saturated carbocycles. The van der Waals surface area contributed by atoms with Crippen molar-refractivity contribution in [2.24, 2.45) is 0 Å². The Morgan fingerprint density at radius 2 is 1.89 bits per heavy atom. The van der Waals surface area contributed by atoms with Gasteiger partial charge in [-0.3, -0.25) is 0 Å². The van der Waals surface area contributed by atoms with Crippen molar-refractivity contribution in [1.29, 1.82) is 0 Å². The molecule has 9 heteroatoms. The van der Waals surface area contributed by atoms with Crippen LogP contribution in [0.5, 0.6) is 0 Å². The van der Waals surface area contributed by atoms with Gasteiger partial charge in [-0.15, -0.1) is 0 Å². The minimum absolute atomic E-state index is 0.193. The van der Waals surface area contributed by atoms with Crippen LogP contribution in [0.15, 0.2) is 24.3 Å². The molecule has 150 valence electrons. The molecule has 8 nitrogen and oxygen atoms in total. The quantitative estimate of drug-likeness (QED) is 0.744. The molecule has 1 heterocycles. The highest BCUT2D eigenvalue weighted by atomic mass is 35.5. The molecule has 0 fully saturated rings. The lowest BCUT2D eigenvalue weighted by atomic mass is 10.2. The number of amides is 1. The Balaban J connectivity index is 2.75. The number of carbonyl (C=O) groups excluding carboxylic acids is 1. The topological polar surface area (TPSA) is 105 Å². The number of carboxylic acids is 1. The number of aromatic carboxylic acids is 1. The van der Waals surface area contributed by atoms with E-state index in [4.69, 9.17) is 16.3 Å². The summed E-state index contributed by atoms with van der Waals surface area (Å²) in [6, 6.07) is 6.77. The maximum Gasteiger partial charge on any atom is 0.419 e. The van der Waals surface area contributed by atoms with Gasteiger partial charge in [0.2, 0.25) is 5.82 Å². The average molecular weight is 407 g/mol. The molecular weight excluding hydrogens is 384 g/mol. The highest BCUT2D eigenvalue weighted by molar-refractivity contribution is 6.34. The van der Waals surface area contributed by atoms with Crippen molar-refractivity contribution in [3.05, 3.63) is 40.8 Å². The van der Waals surface area contributed by atoms with Crippen LogP contribution in [0.2, 0.25) is 5.02 Å². The molecule has 28 heavy (non-hydrogen) atoms. The van der Waals surface area contributed by atoms with Gasteiger partial charge in [-0.25, -0.2) is 24.5 Å². The number of hydrogen-bond acceptors (Lipinski definition) is 6. The fourth-order valence-electron chi connectivity index (χ4n) is 2.47. The first-order chi connectivity index (χ1) is 13.0. The largest absolute Gasteiger partial charge is 0.475 e. The van der Waals surface area contributed by atoms with Crippen molar-refractivity contribution >= 4 is 40.9 Å². The Kier molecular flexibility index (Phi) is 6.45. The monoisotopic (exact) mass is 406 g/mol. The summed E-state index contributed by atoms with van der Waals surface area (Å²) in [5, 5.41) is 12.6. The zero-order valence-corrected chi connectivity index (χ0v) is 17.2. The van der Waals surface area contributed by atoms with E-state index in [0.717, 1.165) is 0 Å². The van der Waals surface area contributed by atoms with Gasteiger partial charge in [0.1, 0.15) is 11.3 Å². The number of benzene rings is 1. The molecule has 0 aliphatic heterocycles. The Morgan fingerprint density at radius 1 is 1.25 bits per heavy atom. The Bertz CT molecular complexity index is 896. The molecule has 1 amide bonds. The maximum absolute atomic E-state index is 13.1. The molecule has 1 aromatic carbocycles. The molecule has 0 radical (unpaired) electrons. The zero-order valence-electron chi connectivity index (χ0n) is 16.4. The van der Waals surface area contributed by atoms with Gasteiger partial charge in [-0.1, -0.05) is 23.7 Å². The number of carboxylic acid groups (broad SMARTS) is 1. The second-order valence-electron chi connectivity index (χ2n) is 6.93. The minimum atomic E-state index is -1.27. The number of aryl methyl sites for hydroxylation is 1. The summed E-state index contributed by atoms with van der Waals surface area (Å²) in [6.45, 7) is 9.12. The van der Waals surface area contributed by atoms with E-state index in [1.165, 1.54) is 4.90 Å². The summed E-state index contributed by atoms with van der Waals surface area (Å²) in [4.78, 5) is 33.8. The van der Waals surface area contributed by atoms with Gasteiger partial charge in [-0.05, 0) is 46.8 Å². The number of ether oxygens (including phenoxy) is 1. The summed E-state index contributed by atoms with van der Waals surface area (Å²) in [7, 11) is 0. The summed E-state index contributed by atoms with van der Waals surface area (Å²) in [5.74, 6) is -1.45. The number of aromatic nitrogens is 2. The van der Waals surface area contributed by atoms with E-state index in [1.807, 2.05) is 6.92 Å². The predicted molar refractivity (Wildman–Crippen MR) is 108 cm³/mol. The van der Waals surface area contributed by atoms with Gasteiger partial charge in [0, 0.05) is 6.54 Å². The Hall–Kier alpha value is -2.87. The minimum Gasteiger partial charge on any atom is -0.475 e. The second-order valence-corrected chi connectivity index (χ2v) is 7.34. The molecule has 0 unspecified atom stereocenters. The molecule has 2 aromatic rings. The number of carbonyl (C=O) groups is 2. The van der Waals surface area contributed by atoms with Crippen LogP contribution in [0.3, 0.4) is 0 Å². The molecule has 0 spiro atoms. The number of rotatable bonds is 5. The lowest BCUT2D eigenvalue weighted by molar-refractivity contribution is 0.0598. The summed E-state index contributed by atoms with van der Waals surface area (Å²) >= 11 is 6.34. The third-order valence-electron chi connectivity index (χ3n) is 3.49. The van der Waals surface area contributed by atoms with E-state index in [1.54, 1.807) is 52.0 Å². The Morgan fingerprint density at radius 3 is 2.43 bits per heavy atom. The average Bonchev–Trinajstić information content (AvgIpc) is 2.57. The van der Waals surface area contributed by atoms with Crippen LogP contribution in [0, 0.1) is 6.92 Å². The normalized spacial score (nSPS) is 11.1. The molecule has 2 N–H and O–H groups in total. The lowest BCUT2D eigenvalue weighted by Gasteiger charge is -2.29. The molecule has 0 aliphatic carbocycles. The van der Waals surface area contributed by atoms with Crippen LogP contribution in [0.1, 0.15) is 44.0 Å². The molecule has 0 saturated heterocycles. The standard InChI is InChI=1S/C19H23ClN4O4/c1-6-21-15-14(11(2)22-16(23-15)17(25)26)24(18(27)28-19(3,4)5)13-10-8-7-9-12(13)20/h7-10H,6H2,1-5H3,(H,25,26)(H,21,22,23). The van der Waals surface area contributed by atoms with E-state index in [2.05, 4.69) is 15.3 Å². The van der Waals surface area contributed by atoms with Crippen molar-refractivity contribution in [3.8, 4) is 0 Å². The molecule has 0 atom stereocenters. The van der Waals surface area contributed by atoms with Crippen LogP contribution in [0.4, 0.5) is 22.0 Å². The van der Waals surface area contributed by atoms with Crippen molar-refractivity contribution in [1.82, 2.24) is 9.97 Å². The zero-order chi connectivity index (χ0) is 21.1. The van der Waals surface area contributed by atoms with E-state index < -0.39 is 17.7 Å². The van der Waals surface area contributed by atoms with E-state index in [9.17, 15) is 14.7 Å². The first-order valence-electron chi connectivity index (χ1n) is 8.68. The number of halogens is 1. The van der Waals surface area contributed by atoms with Crippen molar-refractivity contribution in [3.63, 3.8) is 0 Å². The summed E-state index contributed by atoms with van der Waals surface area (Å²) in [5.41, 5.74) is 0.167. The van der Waals surface area contributed by atoms with Gasteiger partial charge >= 0.3 is 12.1 Å². The lowest BCUT2D eigenvalue weighted by Crippen LogP contribution is -2.35. The van der Waals surface area contributed by atoms with Gasteiger partial charge < -0.3 is 15.2 Å². The van der Waals surface area contributed by atoms with Crippen molar-refractivity contribution < 1.29 is 19.4 Å². The van der Waals surface area contributed by atoms with Crippen LogP contribution < -0.4 is 10.2 Å². The van der Waals surface area contributed by atoms with Crippen molar-refractivity contribution in [2.75, 3.05) is 16.8 Å². The fourth-order valence-corrected chi connectivity index (χ4v) is 2.69. The smallest absolute Gasteiger partial charge is 0.419 e. The fraction of sp³-hybridized carbons (Fsp3) is 0.368. The van der Waals surface area contributed by atoms with Gasteiger partial charge in [0.05, 0.1) is 16.4 Å². The second kappa shape index (κ2) is 8.43. The molecule has 2 rings (SSSR count). The van der Waals surface area contributed by atoms with Gasteiger partial charge in [0.25, 0.3) is 0 Å². The highest BCUT2D eigenvalue weighted by Gasteiger charge is 2.31. The number of hydrogen-bond donors (Lipinski definition) is 2. The Labute approximate surface area is 168 Å². The van der Waals surface area contributed by atoms with E-state index >= 15 is 0 Å². The van der Waals surface area contributed by atoms with Crippen molar-refractivity contribution in [2.45, 2.75) is 40.2 Å². The number of nitrogens with one attached hydrogen (secondary N) is 1. The van der Waals surface area contributed by atoms with E-state index in [0.29, 0.717) is 17.3 Å². The van der Waals surface area contributed by atoms with Crippen LogP contribution >= 0.6 is 11.6 Å². The SMILES string of the molecule is CCNc1nc(C(=O)O)nc(C)c1N(C(=O)OC(C)(C)C)c1ccccc1Cl.